The number of H-pyrrole nitrogens is 1. The van der Waals surface area contributed by atoms with Gasteiger partial charge in [-0.1, -0.05) is 48.0 Å². The van der Waals surface area contributed by atoms with Gasteiger partial charge in [0.05, 0.1) is 5.69 Å². The third-order valence-corrected chi connectivity index (χ3v) is 3.84. The second-order valence-electron chi connectivity index (χ2n) is 5.60. The molecule has 0 aliphatic heterocycles. The lowest BCUT2D eigenvalue weighted by molar-refractivity contribution is 0.873. The van der Waals surface area contributed by atoms with Crippen LogP contribution in [0.15, 0.2) is 64.2 Å². The van der Waals surface area contributed by atoms with Gasteiger partial charge in [-0.3, -0.25) is 9.78 Å². The lowest BCUT2D eigenvalue weighted by Crippen LogP contribution is -2.34. The fraction of sp³-hybridized carbons (Fsp3) is 0.0556. The molecule has 122 valence electrons. The van der Waals surface area contributed by atoms with Gasteiger partial charge in [-0.2, -0.15) is 0 Å². The van der Waals surface area contributed by atoms with Crippen LogP contribution < -0.4 is 11.2 Å². The van der Waals surface area contributed by atoms with Crippen LogP contribution in [0, 0.1) is 6.92 Å². The number of para-hydroxylation sites is 1. The standard InChI is InChI=1S/C18H13N5O2/c1-11-7-9-12(10-8-11)15-19-14-16(22-21-15)20-18(25)23(17(14)24)13-5-3-2-4-6-13/h2-10H,1H3,(H,20,22,25). The average Bonchev–Trinajstić information content (AvgIpc) is 2.63. The SMILES string of the molecule is Cc1ccc(-c2nnc3[nH]c(=O)n(-c4ccccc4)c(=O)c3n2)cc1. The van der Waals surface area contributed by atoms with E-state index in [1.165, 1.54) is 0 Å². The topological polar surface area (TPSA) is 93.5 Å². The summed E-state index contributed by atoms with van der Waals surface area (Å²) in [5.41, 5.74) is 1.33. The number of aromatic amines is 1. The molecule has 7 nitrogen and oxygen atoms in total. The molecule has 25 heavy (non-hydrogen) atoms. The molecule has 0 amide bonds. The number of nitrogens with zero attached hydrogens (tertiary/aromatic N) is 4. The number of benzene rings is 2. The zero-order chi connectivity index (χ0) is 17.4. The highest BCUT2D eigenvalue weighted by atomic mass is 16.2. The molecule has 4 aromatic rings. The van der Waals surface area contributed by atoms with Crippen molar-refractivity contribution in [2.45, 2.75) is 6.92 Å². The molecule has 0 bridgehead atoms. The maximum Gasteiger partial charge on any atom is 0.334 e. The van der Waals surface area contributed by atoms with Crippen LogP contribution in [0.3, 0.4) is 0 Å². The Balaban J connectivity index is 1.97. The van der Waals surface area contributed by atoms with E-state index in [2.05, 4.69) is 20.2 Å². The Labute approximate surface area is 141 Å². The van der Waals surface area contributed by atoms with Crippen molar-refractivity contribution < 1.29 is 0 Å². The van der Waals surface area contributed by atoms with Gasteiger partial charge in [-0.15, -0.1) is 10.2 Å². The number of nitrogens with one attached hydrogen (secondary N) is 1. The number of hydrogen-bond acceptors (Lipinski definition) is 5. The van der Waals surface area contributed by atoms with Gasteiger partial charge in [0.15, 0.2) is 17.0 Å². The molecule has 2 aromatic carbocycles. The molecular formula is C18H13N5O2. The van der Waals surface area contributed by atoms with Crippen LogP contribution >= 0.6 is 0 Å². The van der Waals surface area contributed by atoms with Gasteiger partial charge in [0, 0.05) is 5.56 Å². The van der Waals surface area contributed by atoms with Crippen molar-refractivity contribution in [3.8, 4) is 17.1 Å². The molecule has 1 N–H and O–H groups in total. The predicted octanol–water partition coefficient (Wildman–Crippen LogP) is 1.84. The zero-order valence-electron chi connectivity index (χ0n) is 13.3. The summed E-state index contributed by atoms with van der Waals surface area (Å²) in [6, 6.07) is 16.2. The molecule has 4 rings (SSSR count). The Hall–Kier alpha value is -3.61. The summed E-state index contributed by atoms with van der Waals surface area (Å²) < 4.78 is 1.04. The van der Waals surface area contributed by atoms with Crippen molar-refractivity contribution in [3.63, 3.8) is 0 Å². The third-order valence-electron chi connectivity index (χ3n) is 3.84. The molecule has 0 saturated heterocycles. The number of aromatic nitrogens is 5. The summed E-state index contributed by atoms with van der Waals surface area (Å²) >= 11 is 0. The van der Waals surface area contributed by atoms with E-state index < -0.39 is 11.2 Å². The number of fused-ring (bicyclic) bond motifs is 1. The Morgan fingerprint density at radius 2 is 1.64 bits per heavy atom. The Kier molecular flexibility index (Phi) is 3.46. The molecule has 0 spiro atoms. The van der Waals surface area contributed by atoms with Crippen molar-refractivity contribution in [1.29, 1.82) is 0 Å². The Morgan fingerprint density at radius 3 is 2.36 bits per heavy atom. The average molecular weight is 331 g/mol. The minimum absolute atomic E-state index is 0.0639. The highest BCUT2D eigenvalue weighted by Gasteiger charge is 2.13. The van der Waals surface area contributed by atoms with Gasteiger partial charge in [-0.25, -0.2) is 14.3 Å². The van der Waals surface area contributed by atoms with Crippen molar-refractivity contribution in [2.24, 2.45) is 0 Å². The first-order valence-electron chi connectivity index (χ1n) is 7.66. The summed E-state index contributed by atoms with van der Waals surface area (Å²) in [6.07, 6.45) is 0. The first kappa shape index (κ1) is 14.9. The van der Waals surface area contributed by atoms with Crippen LogP contribution in [0.4, 0.5) is 0 Å². The van der Waals surface area contributed by atoms with Crippen molar-refractivity contribution in [3.05, 3.63) is 81.0 Å². The Morgan fingerprint density at radius 1 is 0.920 bits per heavy atom. The number of rotatable bonds is 2. The van der Waals surface area contributed by atoms with E-state index in [9.17, 15) is 9.59 Å². The monoisotopic (exact) mass is 331 g/mol. The van der Waals surface area contributed by atoms with Gasteiger partial charge in [0.2, 0.25) is 0 Å². The van der Waals surface area contributed by atoms with Crippen LogP contribution in [0.2, 0.25) is 0 Å². The lowest BCUT2D eigenvalue weighted by Gasteiger charge is -2.06. The maximum atomic E-state index is 12.8. The number of aryl methyl sites for hydroxylation is 1. The van der Waals surface area contributed by atoms with Gasteiger partial charge in [0.1, 0.15) is 0 Å². The Bertz CT molecular complexity index is 1180. The predicted molar refractivity (Wildman–Crippen MR) is 93.7 cm³/mol. The summed E-state index contributed by atoms with van der Waals surface area (Å²) in [4.78, 5) is 31.9. The molecule has 0 saturated carbocycles. The van der Waals surface area contributed by atoms with Gasteiger partial charge < -0.3 is 0 Å². The molecule has 0 radical (unpaired) electrons. The molecule has 2 aromatic heterocycles. The van der Waals surface area contributed by atoms with E-state index in [1.54, 1.807) is 24.3 Å². The van der Waals surface area contributed by atoms with Crippen molar-refractivity contribution >= 4 is 11.2 Å². The van der Waals surface area contributed by atoms with Crippen LogP contribution in [-0.4, -0.2) is 24.7 Å². The fourth-order valence-electron chi connectivity index (χ4n) is 2.55. The van der Waals surface area contributed by atoms with E-state index in [0.717, 1.165) is 15.7 Å². The van der Waals surface area contributed by atoms with E-state index in [4.69, 9.17) is 0 Å². The molecule has 0 aliphatic rings. The van der Waals surface area contributed by atoms with Crippen LogP contribution in [0.1, 0.15) is 5.56 Å². The number of hydrogen-bond donors (Lipinski definition) is 1. The fourth-order valence-corrected chi connectivity index (χ4v) is 2.55. The summed E-state index contributed by atoms with van der Waals surface area (Å²) in [5, 5.41) is 7.97. The normalized spacial score (nSPS) is 10.9. The van der Waals surface area contributed by atoms with Crippen LogP contribution in [-0.2, 0) is 0 Å². The third kappa shape index (κ3) is 2.61. The van der Waals surface area contributed by atoms with E-state index in [0.29, 0.717) is 11.5 Å². The van der Waals surface area contributed by atoms with Crippen LogP contribution in [0.25, 0.3) is 28.2 Å². The second-order valence-corrected chi connectivity index (χ2v) is 5.60. The first-order chi connectivity index (χ1) is 12.1. The van der Waals surface area contributed by atoms with Crippen molar-refractivity contribution in [2.75, 3.05) is 0 Å². The second kappa shape index (κ2) is 5.79. The highest BCUT2D eigenvalue weighted by Crippen LogP contribution is 2.15. The highest BCUT2D eigenvalue weighted by molar-refractivity contribution is 5.70. The zero-order valence-corrected chi connectivity index (χ0v) is 13.3. The summed E-state index contributed by atoms with van der Waals surface area (Å²) in [6.45, 7) is 1.98. The molecular weight excluding hydrogens is 318 g/mol. The molecule has 2 heterocycles. The van der Waals surface area contributed by atoms with Gasteiger partial charge >= 0.3 is 5.69 Å². The van der Waals surface area contributed by atoms with Gasteiger partial charge in [-0.05, 0) is 19.1 Å². The van der Waals surface area contributed by atoms with Crippen molar-refractivity contribution in [1.82, 2.24) is 24.7 Å². The lowest BCUT2D eigenvalue weighted by atomic mass is 10.1. The van der Waals surface area contributed by atoms with E-state index in [-0.39, 0.29) is 11.2 Å². The minimum atomic E-state index is -0.581. The molecule has 0 fully saturated rings. The largest absolute Gasteiger partial charge is 0.334 e. The molecule has 0 aliphatic carbocycles. The summed E-state index contributed by atoms with van der Waals surface area (Å²) in [7, 11) is 0. The van der Waals surface area contributed by atoms with E-state index >= 15 is 0 Å². The minimum Gasteiger partial charge on any atom is -0.288 e. The molecule has 0 atom stereocenters. The van der Waals surface area contributed by atoms with Crippen LogP contribution in [0.5, 0.6) is 0 Å². The smallest absolute Gasteiger partial charge is 0.288 e. The van der Waals surface area contributed by atoms with Gasteiger partial charge in [0.25, 0.3) is 5.56 Å². The molecule has 7 heteroatoms. The first-order valence-corrected chi connectivity index (χ1v) is 7.66. The summed E-state index contributed by atoms with van der Waals surface area (Å²) in [5.74, 6) is 0.330. The molecule has 0 unspecified atom stereocenters. The maximum absolute atomic E-state index is 12.8. The quantitative estimate of drug-likeness (QED) is 0.605. The van der Waals surface area contributed by atoms with E-state index in [1.807, 2.05) is 37.3 Å².